The zero-order valence-corrected chi connectivity index (χ0v) is 7.80. The molecule has 3 rings (SSSR count). The second kappa shape index (κ2) is 2.82. The van der Waals surface area contributed by atoms with Gasteiger partial charge in [0.05, 0.1) is 6.10 Å². The zero-order valence-electron chi connectivity index (χ0n) is 7.80. The van der Waals surface area contributed by atoms with E-state index in [1.54, 1.807) is 6.20 Å². The Morgan fingerprint density at radius 1 is 1.43 bits per heavy atom. The topological polar surface area (TPSA) is 37.5 Å². The van der Waals surface area contributed by atoms with Crippen molar-refractivity contribution in [2.24, 2.45) is 5.92 Å². The molecule has 2 aromatic rings. The number of fused-ring (bicyclic) bond motifs is 1. The van der Waals surface area contributed by atoms with Crippen molar-refractivity contribution in [2.45, 2.75) is 18.9 Å². The molecule has 1 aliphatic carbocycles. The molecule has 0 saturated heterocycles. The maximum Gasteiger partial charge on any atom is 0.136 e. The summed E-state index contributed by atoms with van der Waals surface area (Å²) in [6.07, 6.45) is 7.63. The molecule has 72 valence electrons. The van der Waals surface area contributed by atoms with Gasteiger partial charge in [-0.05, 0) is 36.5 Å². The van der Waals surface area contributed by atoms with Gasteiger partial charge in [-0.15, -0.1) is 0 Å². The van der Waals surface area contributed by atoms with Crippen LogP contribution in [-0.2, 0) is 0 Å². The highest BCUT2D eigenvalue weighted by Gasteiger charge is 2.30. The Kier molecular flexibility index (Phi) is 1.61. The van der Waals surface area contributed by atoms with Gasteiger partial charge in [-0.25, -0.2) is 4.98 Å². The summed E-state index contributed by atoms with van der Waals surface area (Å²) in [5, 5.41) is 9.92. The largest absolute Gasteiger partial charge is 0.388 e. The number of aromatic nitrogens is 2. The van der Waals surface area contributed by atoms with E-state index in [9.17, 15) is 5.11 Å². The van der Waals surface area contributed by atoms with Crippen molar-refractivity contribution in [3.63, 3.8) is 0 Å². The smallest absolute Gasteiger partial charge is 0.136 e. The summed E-state index contributed by atoms with van der Waals surface area (Å²) < 4.78 is 1.95. The van der Waals surface area contributed by atoms with Crippen molar-refractivity contribution in [3.8, 4) is 0 Å². The van der Waals surface area contributed by atoms with Gasteiger partial charge in [0.25, 0.3) is 0 Å². The summed E-state index contributed by atoms with van der Waals surface area (Å²) in [6, 6.07) is 3.93. The van der Waals surface area contributed by atoms with Gasteiger partial charge in [0.2, 0.25) is 0 Å². The third kappa shape index (κ3) is 1.21. The maximum atomic E-state index is 9.92. The van der Waals surface area contributed by atoms with Crippen LogP contribution in [0, 0.1) is 5.92 Å². The van der Waals surface area contributed by atoms with E-state index in [-0.39, 0.29) is 6.10 Å². The molecule has 2 heterocycles. The Morgan fingerprint density at radius 3 is 3.07 bits per heavy atom. The first-order valence-electron chi connectivity index (χ1n) is 4.95. The van der Waals surface area contributed by atoms with Gasteiger partial charge in [0, 0.05) is 18.6 Å². The Labute approximate surface area is 82.0 Å². The van der Waals surface area contributed by atoms with Gasteiger partial charge < -0.3 is 9.51 Å². The molecule has 1 N–H and O–H groups in total. The molecule has 1 unspecified atom stereocenters. The monoisotopic (exact) mass is 188 g/mol. The lowest BCUT2D eigenvalue weighted by atomic mass is 10.1. The van der Waals surface area contributed by atoms with Crippen LogP contribution in [0.2, 0.25) is 0 Å². The van der Waals surface area contributed by atoms with E-state index in [0.717, 1.165) is 24.1 Å². The predicted molar refractivity (Wildman–Crippen MR) is 52.9 cm³/mol. The molecule has 3 nitrogen and oxygen atoms in total. The standard InChI is InChI=1S/C11H12N2O/c14-11(8-1-2-8)9-3-5-13-6-4-12-10(13)7-9/h3-8,11,14H,1-2H2. The number of nitrogens with zero attached hydrogens (tertiary/aromatic N) is 2. The fourth-order valence-electron chi connectivity index (χ4n) is 1.79. The third-order valence-corrected chi connectivity index (χ3v) is 2.83. The van der Waals surface area contributed by atoms with Crippen molar-refractivity contribution in [1.82, 2.24) is 9.38 Å². The van der Waals surface area contributed by atoms with Gasteiger partial charge >= 0.3 is 0 Å². The van der Waals surface area contributed by atoms with Crippen LogP contribution in [0.15, 0.2) is 30.7 Å². The average Bonchev–Trinajstić information content (AvgIpc) is 2.95. The predicted octanol–water partition coefficient (Wildman–Crippen LogP) is 1.78. The van der Waals surface area contributed by atoms with Crippen molar-refractivity contribution in [3.05, 3.63) is 36.3 Å². The van der Waals surface area contributed by atoms with Crippen LogP contribution >= 0.6 is 0 Å². The van der Waals surface area contributed by atoms with Crippen LogP contribution in [-0.4, -0.2) is 14.5 Å². The fraction of sp³-hybridized carbons (Fsp3) is 0.364. The second-order valence-electron chi connectivity index (χ2n) is 3.94. The van der Waals surface area contributed by atoms with Gasteiger partial charge in [0.15, 0.2) is 0 Å². The lowest BCUT2D eigenvalue weighted by Gasteiger charge is -2.09. The van der Waals surface area contributed by atoms with Crippen molar-refractivity contribution < 1.29 is 5.11 Å². The van der Waals surface area contributed by atoms with Gasteiger partial charge in [-0.1, -0.05) is 0 Å². The Balaban J connectivity index is 2.03. The molecule has 0 radical (unpaired) electrons. The fourth-order valence-corrected chi connectivity index (χ4v) is 1.79. The summed E-state index contributed by atoms with van der Waals surface area (Å²) >= 11 is 0. The minimum Gasteiger partial charge on any atom is -0.388 e. The minimum atomic E-state index is -0.295. The number of hydrogen-bond acceptors (Lipinski definition) is 2. The van der Waals surface area contributed by atoms with Gasteiger partial charge in [-0.3, -0.25) is 0 Å². The van der Waals surface area contributed by atoms with E-state index in [4.69, 9.17) is 0 Å². The first kappa shape index (κ1) is 8.00. The first-order valence-corrected chi connectivity index (χ1v) is 4.95. The molecule has 0 aliphatic heterocycles. The number of pyridine rings is 1. The molecule has 1 atom stereocenters. The van der Waals surface area contributed by atoms with Crippen LogP contribution in [0.1, 0.15) is 24.5 Å². The van der Waals surface area contributed by atoms with Gasteiger partial charge in [0.1, 0.15) is 5.65 Å². The minimum absolute atomic E-state index is 0.295. The highest BCUT2D eigenvalue weighted by Crippen LogP contribution is 2.40. The lowest BCUT2D eigenvalue weighted by Crippen LogP contribution is -2.00. The molecule has 1 aliphatic rings. The first-order chi connectivity index (χ1) is 6.84. The number of aliphatic hydroxyl groups excluding tert-OH is 1. The number of rotatable bonds is 2. The summed E-state index contributed by atoms with van der Waals surface area (Å²) in [7, 11) is 0. The normalized spacial score (nSPS) is 18.6. The average molecular weight is 188 g/mol. The number of imidazole rings is 1. The molecule has 14 heavy (non-hydrogen) atoms. The molecule has 0 spiro atoms. The quantitative estimate of drug-likeness (QED) is 0.780. The maximum absolute atomic E-state index is 9.92. The zero-order chi connectivity index (χ0) is 9.54. The van der Waals surface area contributed by atoms with E-state index < -0.39 is 0 Å². The van der Waals surface area contributed by atoms with Gasteiger partial charge in [-0.2, -0.15) is 0 Å². The van der Waals surface area contributed by atoms with Crippen LogP contribution in [0.25, 0.3) is 5.65 Å². The van der Waals surface area contributed by atoms with Crippen molar-refractivity contribution in [2.75, 3.05) is 0 Å². The molecule has 3 heteroatoms. The second-order valence-corrected chi connectivity index (χ2v) is 3.94. The number of aliphatic hydroxyl groups is 1. The summed E-state index contributed by atoms with van der Waals surface area (Å²) in [6.45, 7) is 0. The highest BCUT2D eigenvalue weighted by molar-refractivity contribution is 5.42. The van der Waals surface area contributed by atoms with E-state index >= 15 is 0 Å². The van der Waals surface area contributed by atoms with E-state index in [1.807, 2.05) is 28.9 Å². The Bertz CT molecular complexity index is 459. The van der Waals surface area contributed by atoms with Crippen molar-refractivity contribution >= 4 is 5.65 Å². The summed E-state index contributed by atoms with van der Waals surface area (Å²) in [5.41, 5.74) is 1.90. The molecule has 0 amide bonds. The van der Waals surface area contributed by atoms with Crippen LogP contribution in [0.5, 0.6) is 0 Å². The molecular weight excluding hydrogens is 176 g/mol. The SMILES string of the molecule is OC(c1ccn2ccnc2c1)C1CC1. The molecule has 1 saturated carbocycles. The molecule has 0 bridgehead atoms. The number of hydrogen-bond donors (Lipinski definition) is 1. The van der Waals surface area contributed by atoms with Crippen molar-refractivity contribution in [1.29, 1.82) is 0 Å². The third-order valence-electron chi connectivity index (χ3n) is 2.83. The summed E-state index contributed by atoms with van der Waals surface area (Å²) in [5.74, 6) is 0.479. The van der Waals surface area contributed by atoms with E-state index in [2.05, 4.69) is 4.98 Å². The molecule has 1 fully saturated rings. The molecular formula is C11H12N2O. The van der Waals surface area contributed by atoms with Crippen LogP contribution in [0.4, 0.5) is 0 Å². The highest BCUT2D eigenvalue weighted by atomic mass is 16.3. The molecule has 2 aromatic heterocycles. The Hall–Kier alpha value is -1.35. The van der Waals surface area contributed by atoms with E-state index in [0.29, 0.717) is 5.92 Å². The van der Waals surface area contributed by atoms with Crippen LogP contribution in [0.3, 0.4) is 0 Å². The van der Waals surface area contributed by atoms with E-state index in [1.165, 1.54) is 0 Å². The molecule has 0 aromatic carbocycles. The Morgan fingerprint density at radius 2 is 2.29 bits per heavy atom. The summed E-state index contributed by atoms with van der Waals surface area (Å²) in [4.78, 5) is 4.19. The lowest BCUT2D eigenvalue weighted by molar-refractivity contribution is 0.154. The van der Waals surface area contributed by atoms with Crippen LogP contribution < -0.4 is 0 Å².